The van der Waals surface area contributed by atoms with Gasteiger partial charge in [0.2, 0.25) is 11.4 Å². The summed E-state index contributed by atoms with van der Waals surface area (Å²) in [6, 6.07) is 1.59. The largest absolute Gasteiger partial charge is 0.504 e. The highest BCUT2D eigenvalue weighted by Crippen LogP contribution is 2.43. The molecule has 6 rings (SSSR count). The molecule has 50 heavy (non-hydrogen) atoms. The van der Waals surface area contributed by atoms with E-state index in [0.29, 0.717) is 44.2 Å². The van der Waals surface area contributed by atoms with Crippen LogP contribution in [-0.2, 0) is 19.2 Å². The number of oxime groups is 1. The van der Waals surface area contributed by atoms with E-state index in [0.717, 1.165) is 16.9 Å². The molecule has 0 bridgehead atoms. The van der Waals surface area contributed by atoms with Gasteiger partial charge in [-0.2, -0.15) is 5.21 Å². The minimum Gasteiger partial charge on any atom is -0.504 e. The first-order valence-corrected chi connectivity index (χ1v) is 17.2. The second-order valence-electron chi connectivity index (χ2n) is 11.8. The van der Waals surface area contributed by atoms with Gasteiger partial charge in [0, 0.05) is 43.9 Å². The zero-order chi connectivity index (χ0) is 35.9. The Morgan fingerprint density at radius 2 is 1.96 bits per heavy atom. The molecule has 0 spiro atoms. The number of carbonyl (C=O) groups excluding carboxylic acids is 3. The van der Waals surface area contributed by atoms with E-state index < -0.39 is 46.3 Å². The molecule has 5 heterocycles. The SMILES string of the molecule is CC(C)(O/N=C(\C(=O)N[C@@H]1C(=O)N2C(c3nn[nH]n3)=C(CN3CCN(C(=O)c4ccc(O)c(O)c4Cl)CC3)CS[C@H]12)c1csc(N)n1)C(=O)O. The van der Waals surface area contributed by atoms with E-state index in [-0.39, 0.29) is 38.9 Å². The Labute approximate surface area is 296 Å². The van der Waals surface area contributed by atoms with Gasteiger partial charge in [0.25, 0.3) is 17.7 Å². The van der Waals surface area contributed by atoms with Crippen molar-refractivity contribution in [3.05, 3.63) is 45.2 Å². The number of thioether (sulfide) groups is 1. The van der Waals surface area contributed by atoms with Crippen LogP contribution in [0.1, 0.15) is 35.7 Å². The number of amides is 3. The van der Waals surface area contributed by atoms with Crippen molar-refractivity contribution >= 4 is 74.9 Å². The third kappa shape index (κ3) is 6.63. The number of aliphatic carboxylic acids is 1. The summed E-state index contributed by atoms with van der Waals surface area (Å²) in [5.41, 5.74) is 5.06. The number of benzene rings is 1. The van der Waals surface area contributed by atoms with Crippen molar-refractivity contribution in [2.24, 2.45) is 5.16 Å². The molecule has 3 amide bonds. The maximum atomic E-state index is 13.7. The number of β-lactam (4-membered cyclic amide) rings is 1. The number of hydrogen-bond donors (Lipinski definition) is 6. The predicted octanol–water partition coefficient (Wildman–Crippen LogP) is 0.156. The molecule has 3 aromatic rings. The average Bonchev–Trinajstić information content (AvgIpc) is 3.78. The molecular weight excluding hydrogens is 718 g/mol. The number of thiazole rings is 1. The summed E-state index contributed by atoms with van der Waals surface area (Å²) in [7, 11) is 0. The zero-order valence-electron chi connectivity index (χ0n) is 26.4. The average molecular weight is 748 g/mol. The summed E-state index contributed by atoms with van der Waals surface area (Å²) < 4.78 is 0. The maximum absolute atomic E-state index is 13.7. The Morgan fingerprint density at radius 1 is 1.22 bits per heavy atom. The van der Waals surface area contributed by atoms with Crippen LogP contribution in [0.25, 0.3) is 5.70 Å². The van der Waals surface area contributed by atoms with Gasteiger partial charge in [-0.1, -0.05) is 16.8 Å². The van der Waals surface area contributed by atoms with E-state index >= 15 is 0 Å². The molecule has 3 aliphatic rings. The molecule has 19 nitrogen and oxygen atoms in total. The van der Waals surface area contributed by atoms with Crippen molar-refractivity contribution in [2.45, 2.75) is 30.9 Å². The fourth-order valence-corrected chi connectivity index (χ4v) is 7.48. The van der Waals surface area contributed by atoms with E-state index in [1.165, 1.54) is 48.0 Å². The molecule has 2 atom stereocenters. The lowest BCUT2D eigenvalue weighted by Gasteiger charge is -2.50. The van der Waals surface area contributed by atoms with Gasteiger partial charge < -0.3 is 36.1 Å². The van der Waals surface area contributed by atoms with Crippen molar-refractivity contribution in [1.82, 2.24) is 45.6 Å². The number of phenols is 2. The molecule has 2 fully saturated rings. The fourth-order valence-electron chi connectivity index (χ4n) is 5.36. The van der Waals surface area contributed by atoms with E-state index in [4.69, 9.17) is 22.2 Å². The van der Waals surface area contributed by atoms with E-state index in [9.17, 15) is 34.5 Å². The number of phenolic OH excluding ortho intramolecular Hbond substituents is 2. The topological polar surface area (TPSA) is 266 Å². The number of H-pyrrole nitrogens is 1. The molecular formula is C28H30ClN11O8S2. The third-order valence-corrected chi connectivity index (χ3v) is 10.5. The first-order chi connectivity index (χ1) is 23.8. The van der Waals surface area contributed by atoms with Crippen LogP contribution in [0, 0.1) is 0 Å². The van der Waals surface area contributed by atoms with Crippen molar-refractivity contribution in [1.29, 1.82) is 0 Å². The number of anilines is 1. The Bertz CT molecular complexity index is 1910. The molecule has 7 N–H and O–H groups in total. The Hall–Kier alpha value is -4.99. The monoisotopic (exact) mass is 747 g/mol. The molecule has 264 valence electrons. The number of fused-ring (bicyclic) bond motifs is 1. The molecule has 0 radical (unpaired) electrons. The van der Waals surface area contributed by atoms with Gasteiger partial charge in [-0.25, -0.2) is 9.78 Å². The summed E-state index contributed by atoms with van der Waals surface area (Å²) in [6.45, 7) is 4.64. The van der Waals surface area contributed by atoms with Gasteiger partial charge in [-0.15, -0.1) is 33.3 Å². The molecule has 2 aromatic heterocycles. The summed E-state index contributed by atoms with van der Waals surface area (Å²) in [5.74, 6) is -3.28. The standard InChI is InChI=1S/C28H30ClN11O8S2/c1-28(2,26(46)47)48-35-17(14-11-50-27(30)31-14)22(43)32-18-24(45)40-19(21-33-36-37-34-21)12(10-49-25(18)40)9-38-5-7-39(8-6-38)23(44)13-3-4-15(41)20(42)16(13)29/h3-4,11,18,25,41-42H,5-10H2,1-2H3,(H2,30,31)(H,32,43)(H,46,47)(H,33,34,36,37)/b35-17-/t18-,25-/m1/s1. The summed E-state index contributed by atoms with van der Waals surface area (Å²) >= 11 is 8.57. The third-order valence-electron chi connectivity index (χ3n) is 8.15. The minimum atomic E-state index is -1.76. The highest BCUT2D eigenvalue weighted by Gasteiger charge is 2.54. The van der Waals surface area contributed by atoms with Crippen molar-refractivity contribution in [2.75, 3.05) is 44.2 Å². The number of nitrogen functional groups attached to an aromatic ring is 1. The molecule has 0 saturated carbocycles. The van der Waals surface area contributed by atoms with Crippen LogP contribution in [0.4, 0.5) is 5.13 Å². The number of nitrogens with one attached hydrogen (secondary N) is 2. The summed E-state index contributed by atoms with van der Waals surface area (Å²) in [6.07, 6.45) is 0. The number of nitrogens with zero attached hydrogens (tertiary/aromatic N) is 8. The second-order valence-corrected chi connectivity index (χ2v) is 14.2. The molecule has 3 aliphatic heterocycles. The Kier molecular flexibility index (Phi) is 9.57. The van der Waals surface area contributed by atoms with E-state index in [1.807, 2.05) is 0 Å². The molecule has 2 saturated heterocycles. The quantitative estimate of drug-likeness (QED) is 0.0698. The number of rotatable bonds is 10. The number of aromatic hydroxyl groups is 2. The summed E-state index contributed by atoms with van der Waals surface area (Å²) in [4.78, 5) is 66.3. The maximum Gasteiger partial charge on any atom is 0.350 e. The van der Waals surface area contributed by atoms with Crippen LogP contribution in [0.2, 0.25) is 5.02 Å². The summed E-state index contributed by atoms with van der Waals surface area (Å²) in [5, 5.41) is 50.7. The highest BCUT2D eigenvalue weighted by molar-refractivity contribution is 8.00. The molecule has 0 unspecified atom stereocenters. The van der Waals surface area contributed by atoms with Gasteiger partial charge in [0.05, 0.1) is 16.3 Å². The normalized spacial score (nSPS) is 20.0. The lowest BCUT2D eigenvalue weighted by Crippen LogP contribution is -2.70. The van der Waals surface area contributed by atoms with Crippen LogP contribution in [0.15, 0.2) is 28.2 Å². The van der Waals surface area contributed by atoms with E-state index in [1.54, 1.807) is 4.90 Å². The van der Waals surface area contributed by atoms with Gasteiger partial charge in [0.15, 0.2) is 22.3 Å². The van der Waals surface area contributed by atoms with Crippen LogP contribution in [0.5, 0.6) is 11.5 Å². The number of halogens is 1. The van der Waals surface area contributed by atoms with Crippen molar-refractivity contribution < 1.29 is 39.3 Å². The number of carboxylic acids is 1. The number of piperazine rings is 1. The number of aromatic nitrogens is 5. The first-order valence-electron chi connectivity index (χ1n) is 14.9. The molecule has 0 aliphatic carbocycles. The number of carboxylic acid groups (broad SMARTS) is 1. The van der Waals surface area contributed by atoms with Crippen LogP contribution >= 0.6 is 34.7 Å². The van der Waals surface area contributed by atoms with Gasteiger partial charge >= 0.3 is 5.97 Å². The number of nitrogens with two attached hydrogens (primary N) is 1. The fraction of sp³-hybridized carbons (Fsp3) is 0.393. The number of tetrazole rings is 1. The Morgan fingerprint density at radius 3 is 2.60 bits per heavy atom. The van der Waals surface area contributed by atoms with Gasteiger partial charge in [0.1, 0.15) is 17.1 Å². The molecule has 1 aromatic carbocycles. The number of hydrogen-bond acceptors (Lipinski definition) is 16. The number of carbonyl (C=O) groups is 4. The lowest BCUT2D eigenvalue weighted by atomic mass is 10.0. The van der Waals surface area contributed by atoms with Crippen LogP contribution in [-0.4, -0.2) is 141 Å². The molecule has 22 heteroatoms. The minimum absolute atomic E-state index is 0.0480. The lowest BCUT2D eigenvalue weighted by molar-refractivity contribution is -0.161. The van der Waals surface area contributed by atoms with Gasteiger partial charge in [-0.3, -0.25) is 24.2 Å². The van der Waals surface area contributed by atoms with Crippen LogP contribution in [0.3, 0.4) is 0 Å². The first kappa shape index (κ1) is 34.9. The Balaban J connectivity index is 1.16. The second kappa shape index (κ2) is 13.7. The zero-order valence-corrected chi connectivity index (χ0v) is 28.8. The van der Waals surface area contributed by atoms with Crippen molar-refractivity contribution in [3.63, 3.8) is 0 Å². The smallest absolute Gasteiger partial charge is 0.350 e. The van der Waals surface area contributed by atoms with Gasteiger partial charge in [-0.05, 0) is 36.8 Å². The number of aromatic amines is 1. The van der Waals surface area contributed by atoms with Crippen LogP contribution < -0.4 is 11.1 Å². The van der Waals surface area contributed by atoms with Crippen molar-refractivity contribution in [3.8, 4) is 11.5 Å². The van der Waals surface area contributed by atoms with E-state index in [2.05, 4.69) is 41.0 Å². The highest BCUT2D eigenvalue weighted by atomic mass is 35.5. The predicted molar refractivity (Wildman–Crippen MR) is 179 cm³/mol.